The van der Waals surface area contributed by atoms with Crippen molar-refractivity contribution in [2.75, 3.05) is 5.32 Å². The molecule has 0 saturated heterocycles. The van der Waals surface area contributed by atoms with E-state index < -0.39 is 0 Å². The zero-order chi connectivity index (χ0) is 22.9. The van der Waals surface area contributed by atoms with Crippen LogP contribution in [0.4, 0.5) is 5.69 Å². The fourth-order valence-electron chi connectivity index (χ4n) is 4.85. The highest BCUT2D eigenvalue weighted by Crippen LogP contribution is 2.34. The number of aromatic nitrogens is 5. The molecule has 0 amide bonds. The number of hydrogen-bond acceptors (Lipinski definition) is 6. The normalized spacial score (nSPS) is 18.8. The van der Waals surface area contributed by atoms with Crippen LogP contribution in [0.25, 0.3) is 22.2 Å². The van der Waals surface area contributed by atoms with Crippen molar-refractivity contribution in [2.45, 2.75) is 58.0 Å². The molecule has 1 saturated carbocycles. The molecule has 33 heavy (non-hydrogen) atoms. The van der Waals surface area contributed by atoms with Crippen LogP contribution >= 0.6 is 11.5 Å². The van der Waals surface area contributed by atoms with Gasteiger partial charge >= 0.3 is 0 Å². The Morgan fingerprint density at radius 2 is 1.94 bits per heavy atom. The topological polar surface area (TPSA) is 77.6 Å². The second-order valence-electron chi connectivity index (χ2n) is 9.55. The minimum atomic E-state index is 0.0593. The summed E-state index contributed by atoms with van der Waals surface area (Å²) in [4.78, 5) is 17.8. The molecule has 0 atom stereocenters. The van der Waals surface area contributed by atoms with Gasteiger partial charge in [0.15, 0.2) is 5.65 Å². The molecule has 1 aliphatic rings. The van der Waals surface area contributed by atoms with E-state index in [9.17, 15) is 4.79 Å². The van der Waals surface area contributed by atoms with E-state index in [0.717, 1.165) is 47.8 Å². The summed E-state index contributed by atoms with van der Waals surface area (Å²) in [6, 6.07) is 4.53. The third-order valence-electron chi connectivity index (χ3n) is 6.56. The zero-order valence-electron chi connectivity index (χ0n) is 19.4. The number of hydrogen-bond donors (Lipinski definition) is 1. The Labute approximate surface area is 197 Å². The number of pyridine rings is 2. The predicted octanol–water partition coefficient (Wildman–Crippen LogP) is 5.05. The largest absolute Gasteiger partial charge is 0.378 e. The molecule has 0 unspecified atom stereocenters. The van der Waals surface area contributed by atoms with Gasteiger partial charge in [-0.1, -0.05) is 13.8 Å². The van der Waals surface area contributed by atoms with E-state index in [0.29, 0.717) is 30.1 Å². The molecule has 4 aromatic rings. The van der Waals surface area contributed by atoms with Crippen LogP contribution < -0.4 is 10.9 Å². The maximum Gasteiger partial charge on any atom is 0.273 e. The van der Waals surface area contributed by atoms with Crippen molar-refractivity contribution in [2.24, 2.45) is 13.0 Å². The van der Waals surface area contributed by atoms with E-state index in [4.69, 9.17) is 0 Å². The average Bonchev–Trinajstić information content (AvgIpc) is 3.47. The first-order valence-electron chi connectivity index (χ1n) is 11.7. The maximum atomic E-state index is 13.2. The molecule has 0 aliphatic heterocycles. The minimum Gasteiger partial charge on any atom is -0.378 e. The Bertz CT molecular complexity index is 1300. The van der Waals surface area contributed by atoms with Crippen molar-refractivity contribution in [1.29, 1.82) is 0 Å². The first-order valence-corrected chi connectivity index (χ1v) is 12.5. The van der Waals surface area contributed by atoms with Gasteiger partial charge in [0.1, 0.15) is 5.69 Å². The Balaban J connectivity index is 1.32. The van der Waals surface area contributed by atoms with Gasteiger partial charge in [-0.05, 0) is 66.7 Å². The molecule has 0 radical (unpaired) electrons. The molecule has 8 heteroatoms. The second-order valence-corrected chi connectivity index (χ2v) is 10.2. The van der Waals surface area contributed by atoms with Gasteiger partial charge in [0.05, 0.1) is 6.20 Å². The van der Waals surface area contributed by atoms with Crippen LogP contribution in [-0.4, -0.2) is 29.7 Å². The van der Waals surface area contributed by atoms with Crippen LogP contribution in [0.5, 0.6) is 0 Å². The predicted molar refractivity (Wildman–Crippen MR) is 134 cm³/mol. The lowest BCUT2D eigenvalue weighted by molar-refractivity contribution is 0.411. The second kappa shape index (κ2) is 9.09. The lowest BCUT2D eigenvalue weighted by Crippen LogP contribution is -2.31. The SMILES string of the molecule is CC(C)Cn1cc(-c2cnsc2)cc(N[C@H]2CC[C@@H](c3cnc4c(cnn4C)c3)CC2)c1=O. The summed E-state index contributed by atoms with van der Waals surface area (Å²) >= 11 is 1.43. The van der Waals surface area contributed by atoms with Crippen LogP contribution in [0.3, 0.4) is 0 Å². The van der Waals surface area contributed by atoms with Gasteiger partial charge in [0.25, 0.3) is 5.56 Å². The van der Waals surface area contributed by atoms with E-state index in [1.54, 1.807) is 0 Å². The summed E-state index contributed by atoms with van der Waals surface area (Å²) in [5.41, 5.74) is 5.07. The summed E-state index contributed by atoms with van der Waals surface area (Å²) in [5.74, 6) is 0.897. The van der Waals surface area contributed by atoms with Gasteiger partial charge in [-0.15, -0.1) is 0 Å². The van der Waals surface area contributed by atoms with Crippen molar-refractivity contribution in [3.05, 3.63) is 58.2 Å². The summed E-state index contributed by atoms with van der Waals surface area (Å²) in [5, 5.41) is 11.0. The van der Waals surface area contributed by atoms with Crippen molar-refractivity contribution in [3.8, 4) is 11.1 Å². The molecule has 1 fully saturated rings. The Morgan fingerprint density at radius 1 is 1.12 bits per heavy atom. The van der Waals surface area contributed by atoms with Crippen molar-refractivity contribution >= 4 is 28.3 Å². The molecule has 4 heterocycles. The number of rotatable bonds is 6. The molecular weight excluding hydrogens is 432 g/mol. The summed E-state index contributed by atoms with van der Waals surface area (Å²) in [6.07, 6.45) is 12.0. The number of nitrogens with one attached hydrogen (secondary N) is 1. The number of anilines is 1. The Hall–Kier alpha value is -3.00. The first kappa shape index (κ1) is 21.8. The van der Waals surface area contributed by atoms with Gasteiger partial charge in [0.2, 0.25) is 0 Å². The Kier molecular flexibility index (Phi) is 6.01. The van der Waals surface area contributed by atoms with Crippen LogP contribution in [-0.2, 0) is 13.6 Å². The fraction of sp³-hybridized carbons (Fsp3) is 0.440. The first-order chi connectivity index (χ1) is 16.0. The molecule has 0 aromatic carbocycles. The molecular formula is C25H30N6OS. The average molecular weight is 463 g/mol. The van der Waals surface area contributed by atoms with Gasteiger partial charge in [0, 0.05) is 60.1 Å². The highest BCUT2D eigenvalue weighted by Gasteiger charge is 2.24. The van der Waals surface area contributed by atoms with E-state index in [2.05, 4.69) is 39.7 Å². The third-order valence-corrected chi connectivity index (χ3v) is 7.15. The van der Waals surface area contributed by atoms with Crippen molar-refractivity contribution in [1.82, 2.24) is 23.7 Å². The fourth-order valence-corrected chi connectivity index (χ4v) is 5.39. The molecule has 7 nitrogen and oxygen atoms in total. The highest BCUT2D eigenvalue weighted by atomic mass is 32.1. The number of nitrogens with zero attached hydrogens (tertiary/aromatic N) is 5. The molecule has 1 N–H and O–H groups in total. The summed E-state index contributed by atoms with van der Waals surface area (Å²) < 4.78 is 7.90. The van der Waals surface area contributed by atoms with Gasteiger partial charge in [-0.25, -0.2) is 9.36 Å². The smallest absolute Gasteiger partial charge is 0.273 e. The molecule has 172 valence electrons. The molecule has 4 aromatic heterocycles. The van der Waals surface area contributed by atoms with Crippen molar-refractivity contribution < 1.29 is 0 Å². The lowest BCUT2D eigenvalue weighted by atomic mass is 9.82. The molecule has 5 rings (SSSR count). The highest BCUT2D eigenvalue weighted by molar-refractivity contribution is 7.03. The van der Waals surface area contributed by atoms with Crippen LogP contribution in [0, 0.1) is 5.92 Å². The van der Waals surface area contributed by atoms with Crippen LogP contribution in [0.2, 0.25) is 0 Å². The minimum absolute atomic E-state index is 0.0593. The van der Waals surface area contributed by atoms with Crippen LogP contribution in [0.15, 0.2) is 47.1 Å². The van der Waals surface area contributed by atoms with E-state index >= 15 is 0 Å². The van der Waals surface area contributed by atoms with Crippen molar-refractivity contribution in [3.63, 3.8) is 0 Å². The Morgan fingerprint density at radius 3 is 2.67 bits per heavy atom. The zero-order valence-corrected chi connectivity index (χ0v) is 20.2. The molecule has 1 aliphatic carbocycles. The quantitative estimate of drug-likeness (QED) is 0.434. The van der Waals surface area contributed by atoms with E-state index in [1.165, 1.54) is 17.1 Å². The van der Waals surface area contributed by atoms with Gasteiger partial charge in [-0.3, -0.25) is 9.48 Å². The summed E-state index contributed by atoms with van der Waals surface area (Å²) in [6.45, 7) is 4.98. The standard InChI is InChI=1S/C25H30N6OS/c1-16(2)13-31-14-20(21-12-28-33-15-21)9-23(25(31)32)29-22-6-4-17(5-7-22)18-8-19-11-27-30(3)24(19)26-10-18/h8-12,14-17,22,29H,4-7,13H2,1-3H3/t17-,22+. The van der Waals surface area contributed by atoms with Gasteiger partial charge in [-0.2, -0.15) is 5.10 Å². The van der Waals surface area contributed by atoms with E-state index in [1.807, 2.05) is 52.5 Å². The number of fused-ring (bicyclic) bond motifs is 1. The van der Waals surface area contributed by atoms with Crippen LogP contribution in [0.1, 0.15) is 51.0 Å². The number of aryl methyl sites for hydroxylation is 1. The monoisotopic (exact) mass is 462 g/mol. The lowest BCUT2D eigenvalue weighted by Gasteiger charge is -2.30. The van der Waals surface area contributed by atoms with E-state index in [-0.39, 0.29) is 5.56 Å². The molecule has 0 spiro atoms. The third kappa shape index (κ3) is 4.57. The summed E-state index contributed by atoms with van der Waals surface area (Å²) in [7, 11) is 1.92. The van der Waals surface area contributed by atoms with Gasteiger partial charge < -0.3 is 9.88 Å². The maximum absolute atomic E-state index is 13.2. The molecule has 0 bridgehead atoms.